The zero-order valence-corrected chi connectivity index (χ0v) is 23.3. The zero-order valence-electron chi connectivity index (χ0n) is 20.1. The van der Waals surface area contributed by atoms with E-state index in [2.05, 4.69) is 6.58 Å². The molecule has 0 aliphatic carbocycles. The normalized spacial score (nSPS) is 14.3. The highest BCUT2D eigenvalue weighted by molar-refractivity contribution is 8.27. The van der Waals surface area contributed by atoms with E-state index >= 15 is 0 Å². The number of benzene rings is 3. The third-order valence-corrected chi connectivity index (χ3v) is 7.37. The molecular formula is C28H23Cl2NO4S2. The number of rotatable bonds is 9. The summed E-state index contributed by atoms with van der Waals surface area (Å²) in [5.74, 6) is 1.46. The molecule has 5 nitrogen and oxygen atoms in total. The maximum Gasteiger partial charge on any atom is 0.270 e. The second-order valence-corrected chi connectivity index (χ2v) is 10.5. The maximum absolute atomic E-state index is 13.3. The maximum atomic E-state index is 13.3. The Morgan fingerprint density at radius 3 is 2.41 bits per heavy atom. The fourth-order valence-electron chi connectivity index (χ4n) is 3.76. The lowest BCUT2D eigenvalue weighted by Gasteiger charge is -2.16. The van der Waals surface area contributed by atoms with E-state index in [-0.39, 0.29) is 5.91 Å². The van der Waals surface area contributed by atoms with Gasteiger partial charge in [-0.2, -0.15) is 0 Å². The van der Waals surface area contributed by atoms with Gasteiger partial charge in [0.2, 0.25) is 0 Å². The van der Waals surface area contributed by atoms with Crippen LogP contribution < -0.4 is 19.1 Å². The Kier molecular flexibility index (Phi) is 8.82. The average molecular weight is 573 g/mol. The van der Waals surface area contributed by atoms with Crippen molar-refractivity contribution in [2.45, 2.75) is 13.0 Å². The van der Waals surface area contributed by atoms with Gasteiger partial charge in [0.05, 0.1) is 29.8 Å². The number of allylic oxidation sites excluding steroid dienone is 1. The number of amides is 1. The van der Waals surface area contributed by atoms with E-state index < -0.39 is 0 Å². The molecule has 1 fully saturated rings. The summed E-state index contributed by atoms with van der Waals surface area (Å²) in [5, 5.41) is 1.06. The van der Waals surface area contributed by atoms with Gasteiger partial charge in [-0.25, -0.2) is 0 Å². The second kappa shape index (κ2) is 12.0. The minimum absolute atomic E-state index is 0.233. The van der Waals surface area contributed by atoms with Crippen LogP contribution >= 0.6 is 47.2 Å². The van der Waals surface area contributed by atoms with E-state index in [0.717, 1.165) is 16.7 Å². The number of halogens is 2. The van der Waals surface area contributed by atoms with Crippen molar-refractivity contribution in [3.8, 4) is 17.2 Å². The molecule has 37 heavy (non-hydrogen) atoms. The Hall–Kier alpha value is -2.97. The number of hydrogen-bond donors (Lipinski definition) is 0. The van der Waals surface area contributed by atoms with E-state index in [1.807, 2.05) is 36.4 Å². The minimum atomic E-state index is -0.233. The molecule has 3 aromatic carbocycles. The van der Waals surface area contributed by atoms with Crippen molar-refractivity contribution in [3.63, 3.8) is 0 Å². The Morgan fingerprint density at radius 2 is 1.76 bits per heavy atom. The first-order valence-corrected chi connectivity index (χ1v) is 13.1. The summed E-state index contributed by atoms with van der Waals surface area (Å²) in [4.78, 5) is 15.2. The molecule has 1 aliphatic heterocycles. The number of methoxy groups -OCH3 is 2. The van der Waals surface area contributed by atoms with Crippen molar-refractivity contribution in [3.05, 3.63) is 98.9 Å². The molecule has 0 spiro atoms. The highest BCUT2D eigenvalue weighted by Gasteiger charge is 2.33. The third-order valence-electron chi connectivity index (χ3n) is 5.52. The van der Waals surface area contributed by atoms with Gasteiger partial charge >= 0.3 is 0 Å². The van der Waals surface area contributed by atoms with Gasteiger partial charge in [-0.3, -0.25) is 9.69 Å². The number of hydrogen-bond acceptors (Lipinski definition) is 6. The predicted molar refractivity (Wildman–Crippen MR) is 156 cm³/mol. The first-order chi connectivity index (χ1) is 17.8. The van der Waals surface area contributed by atoms with Crippen LogP contribution in [0.1, 0.15) is 16.7 Å². The van der Waals surface area contributed by atoms with Crippen LogP contribution in [0.5, 0.6) is 17.2 Å². The molecule has 0 bridgehead atoms. The van der Waals surface area contributed by atoms with Gasteiger partial charge in [-0.05, 0) is 66.1 Å². The molecule has 0 saturated carbocycles. The number of thioether (sulfide) groups is 1. The molecule has 3 aromatic rings. The molecule has 4 rings (SSSR count). The summed E-state index contributed by atoms with van der Waals surface area (Å²) in [6.07, 6.45) is 4.14. The first-order valence-electron chi connectivity index (χ1n) is 11.1. The topological polar surface area (TPSA) is 48.0 Å². The van der Waals surface area contributed by atoms with Crippen molar-refractivity contribution in [1.29, 1.82) is 0 Å². The van der Waals surface area contributed by atoms with E-state index in [0.29, 0.717) is 55.2 Å². The molecule has 0 N–H and O–H groups in total. The van der Waals surface area contributed by atoms with E-state index in [9.17, 15) is 4.79 Å². The van der Waals surface area contributed by atoms with Crippen molar-refractivity contribution in [2.75, 3.05) is 19.1 Å². The quantitative estimate of drug-likeness (QED) is 0.149. The van der Waals surface area contributed by atoms with E-state index in [1.165, 1.54) is 23.8 Å². The summed E-state index contributed by atoms with van der Waals surface area (Å²) in [6.45, 7) is 4.22. The monoisotopic (exact) mass is 571 g/mol. The van der Waals surface area contributed by atoms with Crippen LogP contribution in [0.2, 0.25) is 10.0 Å². The summed E-state index contributed by atoms with van der Waals surface area (Å²) in [5.41, 5.74) is 3.21. The fraction of sp³-hybridized carbons (Fsp3) is 0.143. The highest BCUT2D eigenvalue weighted by Crippen LogP contribution is 2.40. The van der Waals surface area contributed by atoms with Crippen LogP contribution in [0.3, 0.4) is 0 Å². The Balaban J connectivity index is 1.63. The lowest BCUT2D eigenvalue weighted by molar-refractivity contribution is -0.113. The van der Waals surface area contributed by atoms with Crippen molar-refractivity contribution >= 4 is 69.2 Å². The predicted octanol–water partition coefficient (Wildman–Crippen LogP) is 7.72. The number of nitrogens with zero attached hydrogens (tertiary/aromatic N) is 1. The van der Waals surface area contributed by atoms with Gasteiger partial charge in [0.15, 0.2) is 15.8 Å². The van der Waals surface area contributed by atoms with Crippen LogP contribution in [0.4, 0.5) is 5.69 Å². The highest BCUT2D eigenvalue weighted by atomic mass is 35.5. The fourth-order valence-corrected chi connectivity index (χ4v) is 5.44. The molecule has 0 atom stereocenters. The molecular weight excluding hydrogens is 549 g/mol. The van der Waals surface area contributed by atoms with Gasteiger partial charge in [0.1, 0.15) is 12.4 Å². The van der Waals surface area contributed by atoms with Gasteiger partial charge in [-0.15, -0.1) is 6.58 Å². The van der Waals surface area contributed by atoms with Crippen molar-refractivity contribution in [1.82, 2.24) is 0 Å². The molecule has 1 aliphatic rings. The SMILES string of the molecule is C=CCc1cc(/C=C2\SC(=S)N(c3ccc(OC)c(Cl)c3)C2=O)cc(OC)c1OCc1ccc(Cl)cc1. The lowest BCUT2D eigenvalue weighted by atomic mass is 10.0. The van der Waals surface area contributed by atoms with E-state index in [1.54, 1.807) is 37.5 Å². The lowest BCUT2D eigenvalue weighted by Crippen LogP contribution is -2.27. The summed E-state index contributed by atoms with van der Waals surface area (Å²) in [6, 6.07) is 16.4. The zero-order chi connectivity index (χ0) is 26.5. The number of ether oxygens (including phenoxy) is 3. The standard InChI is InChI=1S/C28H23Cl2NO4S2/c1-4-5-19-12-18(13-24(34-3)26(19)35-16-17-6-8-20(29)9-7-17)14-25-27(32)31(28(36)37-25)21-10-11-23(33-2)22(30)15-21/h4,6-15H,1,5,16H2,2-3H3/b25-14-. The van der Waals surface area contributed by atoms with Gasteiger partial charge in [0.25, 0.3) is 5.91 Å². The number of anilines is 1. The molecule has 1 heterocycles. The Bertz CT molecular complexity index is 1390. The van der Waals surface area contributed by atoms with E-state index in [4.69, 9.17) is 49.6 Å². The Labute approximate surface area is 235 Å². The molecule has 0 unspecified atom stereocenters. The molecule has 1 amide bonds. The molecule has 0 aromatic heterocycles. The molecule has 0 radical (unpaired) electrons. The van der Waals surface area contributed by atoms with Gasteiger partial charge in [0, 0.05) is 10.6 Å². The van der Waals surface area contributed by atoms with Crippen LogP contribution in [-0.2, 0) is 17.8 Å². The summed E-state index contributed by atoms with van der Waals surface area (Å²) in [7, 11) is 3.12. The number of carbonyl (C=O) groups excluding carboxylic acids is 1. The van der Waals surface area contributed by atoms with Crippen LogP contribution in [0, 0.1) is 0 Å². The molecule has 9 heteroatoms. The van der Waals surface area contributed by atoms with Gasteiger partial charge < -0.3 is 14.2 Å². The van der Waals surface area contributed by atoms with Crippen LogP contribution in [-0.4, -0.2) is 24.4 Å². The van der Waals surface area contributed by atoms with Gasteiger partial charge in [-0.1, -0.05) is 65.4 Å². The molecule has 190 valence electrons. The average Bonchev–Trinajstić information content (AvgIpc) is 3.16. The Morgan fingerprint density at radius 1 is 1.03 bits per heavy atom. The summed E-state index contributed by atoms with van der Waals surface area (Å²) >= 11 is 19.0. The smallest absolute Gasteiger partial charge is 0.270 e. The third kappa shape index (κ3) is 6.13. The number of thiocarbonyl (C=S) groups is 1. The van der Waals surface area contributed by atoms with Crippen molar-refractivity contribution < 1.29 is 19.0 Å². The molecule has 1 saturated heterocycles. The first kappa shape index (κ1) is 27.1. The van der Waals surface area contributed by atoms with Crippen molar-refractivity contribution in [2.24, 2.45) is 0 Å². The largest absolute Gasteiger partial charge is 0.495 e. The summed E-state index contributed by atoms with van der Waals surface area (Å²) < 4.78 is 17.4. The second-order valence-electron chi connectivity index (χ2n) is 7.96. The van der Waals surface area contributed by atoms with Crippen LogP contribution in [0.25, 0.3) is 6.08 Å². The minimum Gasteiger partial charge on any atom is -0.495 e. The van der Waals surface area contributed by atoms with Crippen LogP contribution in [0.15, 0.2) is 72.2 Å². The number of carbonyl (C=O) groups is 1.